The zero-order valence-corrected chi connectivity index (χ0v) is 9.82. The van der Waals surface area contributed by atoms with Crippen LogP contribution in [0.15, 0.2) is 18.2 Å². The maximum Gasteiger partial charge on any atom is 0.240 e. The second kappa shape index (κ2) is 4.98. The van der Waals surface area contributed by atoms with Gasteiger partial charge in [-0.1, -0.05) is 6.07 Å². The number of carbonyl (C=O) groups excluding carboxylic acids is 1. The maximum absolute atomic E-state index is 12.8. The molecule has 6 heteroatoms. The number of nitrogens with one attached hydrogen (secondary N) is 1. The number of hydrogen-bond donors (Lipinski definition) is 2. The first kappa shape index (κ1) is 13.9. The van der Waals surface area contributed by atoms with Gasteiger partial charge in [-0.05, 0) is 30.5 Å². The molecule has 1 aromatic carbocycles. The van der Waals surface area contributed by atoms with Crippen molar-refractivity contribution in [2.75, 3.05) is 0 Å². The van der Waals surface area contributed by atoms with Gasteiger partial charge in [-0.3, -0.25) is 4.79 Å². The standard InChI is InChI=1S/C11H12F2N2O.ClH/c12-8-2-1-7(5-9(8)13)6-15-10(16)11(14)3-4-11;/h1-2,5H,3-4,6,14H2,(H,15,16);1H. The molecule has 0 bridgehead atoms. The average Bonchev–Trinajstić information content (AvgIpc) is 2.99. The van der Waals surface area contributed by atoms with E-state index in [-0.39, 0.29) is 24.9 Å². The highest BCUT2D eigenvalue weighted by atomic mass is 35.5. The molecule has 3 N–H and O–H groups in total. The van der Waals surface area contributed by atoms with Gasteiger partial charge in [0.05, 0.1) is 5.54 Å². The van der Waals surface area contributed by atoms with Crippen molar-refractivity contribution in [3.8, 4) is 0 Å². The van der Waals surface area contributed by atoms with E-state index in [1.54, 1.807) is 0 Å². The molecule has 0 heterocycles. The summed E-state index contributed by atoms with van der Waals surface area (Å²) in [4.78, 5) is 11.4. The lowest BCUT2D eigenvalue weighted by molar-refractivity contribution is -0.123. The molecule has 1 aliphatic carbocycles. The van der Waals surface area contributed by atoms with Crippen LogP contribution in [0.5, 0.6) is 0 Å². The predicted molar refractivity (Wildman–Crippen MR) is 61.6 cm³/mol. The summed E-state index contributed by atoms with van der Waals surface area (Å²) in [6.45, 7) is 0.162. The van der Waals surface area contributed by atoms with Crippen molar-refractivity contribution in [1.82, 2.24) is 5.32 Å². The molecule has 0 spiro atoms. The molecule has 1 amide bonds. The van der Waals surface area contributed by atoms with Crippen molar-refractivity contribution >= 4 is 18.3 Å². The molecular formula is C11H13ClF2N2O. The van der Waals surface area contributed by atoms with Crippen LogP contribution in [0.1, 0.15) is 18.4 Å². The van der Waals surface area contributed by atoms with Crippen molar-refractivity contribution in [2.24, 2.45) is 5.73 Å². The number of hydrogen-bond acceptors (Lipinski definition) is 2. The Labute approximate surface area is 104 Å². The lowest BCUT2D eigenvalue weighted by atomic mass is 10.2. The quantitative estimate of drug-likeness (QED) is 0.867. The van der Waals surface area contributed by atoms with E-state index in [1.165, 1.54) is 6.07 Å². The zero-order valence-electron chi connectivity index (χ0n) is 9.00. The van der Waals surface area contributed by atoms with E-state index in [9.17, 15) is 13.6 Å². The molecule has 1 aliphatic rings. The summed E-state index contributed by atoms with van der Waals surface area (Å²) in [5.41, 5.74) is 5.44. The average molecular weight is 263 g/mol. The van der Waals surface area contributed by atoms with Crippen molar-refractivity contribution in [3.63, 3.8) is 0 Å². The SMILES string of the molecule is Cl.NC1(C(=O)NCc2ccc(F)c(F)c2)CC1. The van der Waals surface area contributed by atoms with E-state index < -0.39 is 17.2 Å². The van der Waals surface area contributed by atoms with Crippen LogP contribution in [-0.4, -0.2) is 11.4 Å². The fourth-order valence-corrected chi connectivity index (χ4v) is 1.37. The Kier molecular flexibility index (Phi) is 4.06. The molecule has 0 saturated heterocycles. The topological polar surface area (TPSA) is 55.1 Å². The smallest absolute Gasteiger partial charge is 0.240 e. The number of nitrogens with two attached hydrogens (primary N) is 1. The molecule has 0 atom stereocenters. The van der Waals surface area contributed by atoms with Crippen LogP contribution in [0.2, 0.25) is 0 Å². The lowest BCUT2D eigenvalue weighted by Gasteiger charge is -2.10. The van der Waals surface area contributed by atoms with E-state index in [2.05, 4.69) is 5.32 Å². The van der Waals surface area contributed by atoms with Gasteiger partial charge in [0.2, 0.25) is 5.91 Å². The van der Waals surface area contributed by atoms with E-state index in [4.69, 9.17) is 5.73 Å². The second-order valence-corrected chi connectivity index (χ2v) is 4.09. The molecule has 0 aromatic heterocycles. The Balaban J connectivity index is 0.00000144. The minimum absolute atomic E-state index is 0. The van der Waals surface area contributed by atoms with E-state index >= 15 is 0 Å². The van der Waals surface area contributed by atoms with Gasteiger partial charge in [0.25, 0.3) is 0 Å². The number of benzene rings is 1. The Morgan fingerprint density at radius 2 is 2.00 bits per heavy atom. The zero-order chi connectivity index (χ0) is 11.8. The van der Waals surface area contributed by atoms with Gasteiger partial charge in [0.1, 0.15) is 0 Å². The van der Waals surface area contributed by atoms with Crippen LogP contribution in [0.3, 0.4) is 0 Å². The molecule has 1 saturated carbocycles. The maximum atomic E-state index is 12.8. The van der Waals surface area contributed by atoms with Crippen LogP contribution >= 0.6 is 12.4 Å². The number of carbonyl (C=O) groups is 1. The normalized spacial score (nSPS) is 15.9. The predicted octanol–water partition coefficient (Wildman–Crippen LogP) is 1.49. The Morgan fingerprint density at radius 3 is 2.53 bits per heavy atom. The molecule has 17 heavy (non-hydrogen) atoms. The van der Waals surface area contributed by atoms with Crippen LogP contribution in [0, 0.1) is 11.6 Å². The third-order valence-corrected chi connectivity index (χ3v) is 2.68. The summed E-state index contributed by atoms with van der Waals surface area (Å²) < 4.78 is 25.5. The minimum Gasteiger partial charge on any atom is -0.350 e. The van der Waals surface area contributed by atoms with Gasteiger partial charge in [-0.15, -0.1) is 12.4 Å². The molecule has 0 radical (unpaired) electrons. The summed E-state index contributed by atoms with van der Waals surface area (Å²) in [5.74, 6) is -2.05. The molecule has 1 fully saturated rings. The highest BCUT2D eigenvalue weighted by Crippen LogP contribution is 2.32. The van der Waals surface area contributed by atoms with Crippen LogP contribution in [0.4, 0.5) is 8.78 Å². The van der Waals surface area contributed by atoms with Crippen LogP contribution in [0.25, 0.3) is 0 Å². The van der Waals surface area contributed by atoms with Gasteiger partial charge in [-0.2, -0.15) is 0 Å². The highest BCUT2D eigenvalue weighted by Gasteiger charge is 2.45. The molecule has 0 aliphatic heterocycles. The Bertz CT molecular complexity index is 435. The number of halogens is 3. The summed E-state index contributed by atoms with van der Waals surface area (Å²) in [5, 5.41) is 2.60. The third-order valence-electron chi connectivity index (χ3n) is 2.68. The first-order chi connectivity index (χ1) is 7.51. The summed E-state index contributed by atoms with van der Waals surface area (Å²) >= 11 is 0. The fourth-order valence-electron chi connectivity index (χ4n) is 1.37. The third kappa shape index (κ3) is 3.14. The fraction of sp³-hybridized carbons (Fsp3) is 0.364. The molecular weight excluding hydrogens is 250 g/mol. The van der Waals surface area contributed by atoms with E-state index in [1.807, 2.05) is 0 Å². The van der Waals surface area contributed by atoms with Crippen molar-refractivity contribution < 1.29 is 13.6 Å². The monoisotopic (exact) mass is 262 g/mol. The second-order valence-electron chi connectivity index (χ2n) is 4.09. The number of amides is 1. The molecule has 2 rings (SSSR count). The van der Waals surface area contributed by atoms with E-state index in [0.717, 1.165) is 12.1 Å². The van der Waals surface area contributed by atoms with Crippen LogP contribution in [-0.2, 0) is 11.3 Å². The lowest BCUT2D eigenvalue weighted by Crippen LogP contribution is -2.42. The molecule has 0 unspecified atom stereocenters. The summed E-state index contributed by atoms with van der Waals surface area (Å²) in [6, 6.07) is 3.52. The molecule has 1 aromatic rings. The first-order valence-corrected chi connectivity index (χ1v) is 5.02. The molecule has 3 nitrogen and oxygen atoms in total. The first-order valence-electron chi connectivity index (χ1n) is 5.02. The van der Waals surface area contributed by atoms with Gasteiger partial charge in [-0.25, -0.2) is 8.78 Å². The van der Waals surface area contributed by atoms with Gasteiger partial charge in [0.15, 0.2) is 11.6 Å². The largest absolute Gasteiger partial charge is 0.350 e. The molecule has 94 valence electrons. The van der Waals surface area contributed by atoms with Crippen molar-refractivity contribution in [3.05, 3.63) is 35.4 Å². The van der Waals surface area contributed by atoms with Crippen molar-refractivity contribution in [2.45, 2.75) is 24.9 Å². The van der Waals surface area contributed by atoms with Gasteiger partial charge in [0, 0.05) is 6.54 Å². The minimum atomic E-state index is -0.916. The Hall–Kier alpha value is -1.20. The highest BCUT2D eigenvalue weighted by molar-refractivity contribution is 5.88. The number of rotatable bonds is 3. The van der Waals surface area contributed by atoms with E-state index in [0.29, 0.717) is 18.4 Å². The van der Waals surface area contributed by atoms with Crippen LogP contribution < -0.4 is 11.1 Å². The summed E-state index contributed by atoms with van der Waals surface area (Å²) in [6.07, 6.45) is 1.35. The Morgan fingerprint density at radius 1 is 1.35 bits per heavy atom. The summed E-state index contributed by atoms with van der Waals surface area (Å²) in [7, 11) is 0. The van der Waals surface area contributed by atoms with Crippen molar-refractivity contribution in [1.29, 1.82) is 0 Å². The van der Waals surface area contributed by atoms with Gasteiger partial charge < -0.3 is 11.1 Å². The van der Waals surface area contributed by atoms with Gasteiger partial charge >= 0.3 is 0 Å².